The first-order valence-corrected chi connectivity index (χ1v) is 18.8. The van der Waals surface area contributed by atoms with Crippen molar-refractivity contribution in [3.8, 4) is 28.7 Å². The Labute approximate surface area is 347 Å². The minimum Gasteiger partial charge on any atom is -0.489 e. The zero-order valence-electron chi connectivity index (χ0n) is 31.1. The molecule has 2 aliphatic rings. The van der Waals surface area contributed by atoms with Crippen molar-refractivity contribution in [3.05, 3.63) is 147 Å². The van der Waals surface area contributed by atoms with Gasteiger partial charge in [-0.2, -0.15) is 5.26 Å². The second-order valence-electron chi connectivity index (χ2n) is 13.7. The van der Waals surface area contributed by atoms with E-state index in [0.717, 1.165) is 38.9 Å². The van der Waals surface area contributed by atoms with E-state index in [-0.39, 0.29) is 30.6 Å². The monoisotopic (exact) mass is 824 g/mol. The number of ether oxygens (including phenoxy) is 3. The third-order valence-corrected chi connectivity index (χ3v) is 10.8. The van der Waals surface area contributed by atoms with Crippen molar-refractivity contribution >= 4 is 59.1 Å². The molecule has 10 nitrogen and oxygen atoms in total. The van der Waals surface area contributed by atoms with Gasteiger partial charge in [-0.15, -0.1) is 12.4 Å². The number of hydrogen-bond donors (Lipinski definition) is 2. The Morgan fingerprint density at radius 2 is 1.60 bits per heavy atom. The third-order valence-electron chi connectivity index (χ3n) is 10.0. The molecule has 2 unspecified atom stereocenters. The average molecular weight is 826 g/mol. The summed E-state index contributed by atoms with van der Waals surface area (Å²) >= 11 is 12.2. The lowest BCUT2D eigenvalue weighted by molar-refractivity contribution is -0.145. The first-order chi connectivity index (χ1) is 27.1. The quantitative estimate of drug-likeness (QED) is 0.136. The molecule has 3 atom stereocenters. The lowest BCUT2D eigenvalue weighted by Gasteiger charge is -2.36. The van der Waals surface area contributed by atoms with Crippen molar-refractivity contribution < 1.29 is 28.6 Å². The van der Waals surface area contributed by atoms with Gasteiger partial charge in [0, 0.05) is 19.9 Å². The molecular weight excluding hydrogens is 787 g/mol. The summed E-state index contributed by atoms with van der Waals surface area (Å²) < 4.78 is 17.5. The summed E-state index contributed by atoms with van der Waals surface area (Å²) in [5, 5.41) is 16.2. The maximum atomic E-state index is 13.6. The van der Waals surface area contributed by atoms with Crippen LogP contribution < -0.4 is 25.0 Å². The summed E-state index contributed by atoms with van der Waals surface area (Å²) in [4.78, 5) is 41.2. The van der Waals surface area contributed by atoms with Crippen molar-refractivity contribution in [3.63, 3.8) is 0 Å². The van der Waals surface area contributed by atoms with Gasteiger partial charge in [-0.1, -0.05) is 77.8 Å². The number of carbonyl (C=O) groups excluding carboxylic acids is 3. The highest BCUT2D eigenvalue weighted by Gasteiger charge is 2.34. The molecule has 0 saturated heterocycles. The number of amides is 2. The summed E-state index contributed by atoms with van der Waals surface area (Å²) in [6.45, 7) is 2.55. The number of rotatable bonds is 10. The number of esters is 1. The van der Waals surface area contributed by atoms with Crippen LogP contribution in [0.25, 0.3) is 11.1 Å². The van der Waals surface area contributed by atoms with Gasteiger partial charge in [0.2, 0.25) is 11.8 Å². The summed E-state index contributed by atoms with van der Waals surface area (Å²) in [7, 11) is 1.30. The molecule has 0 aromatic heterocycles. The van der Waals surface area contributed by atoms with Gasteiger partial charge >= 0.3 is 5.97 Å². The molecule has 13 heteroatoms. The molecule has 0 spiro atoms. The van der Waals surface area contributed by atoms with Crippen LogP contribution in [0, 0.1) is 11.3 Å². The number of anilines is 1. The number of halogens is 3. The number of benzene rings is 5. The maximum absolute atomic E-state index is 13.6. The van der Waals surface area contributed by atoms with E-state index in [0.29, 0.717) is 58.9 Å². The third kappa shape index (κ3) is 9.53. The normalized spacial score (nSPS) is 16.0. The highest BCUT2D eigenvalue weighted by Crippen LogP contribution is 2.41. The molecule has 2 amide bonds. The second kappa shape index (κ2) is 18.1. The lowest BCUT2D eigenvalue weighted by Crippen LogP contribution is -2.53. The van der Waals surface area contributed by atoms with Crippen molar-refractivity contribution in [2.75, 3.05) is 18.6 Å². The van der Waals surface area contributed by atoms with E-state index >= 15 is 0 Å². The molecule has 0 aliphatic carbocycles. The van der Waals surface area contributed by atoms with E-state index in [4.69, 9.17) is 42.7 Å². The number of nitrogens with one attached hydrogen (secondary N) is 2. The van der Waals surface area contributed by atoms with E-state index in [9.17, 15) is 14.4 Å². The average Bonchev–Trinajstić information content (AvgIpc) is 3.22. The van der Waals surface area contributed by atoms with Crippen LogP contribution in [0.1, 0.15) is 46.4 Å². The SMILES string of the molecule is COC(=O)[C@H](Cc1ccc(-c2ccc(C#N)cc2)cc1)NC(=O)C1Cc2cc3c(cc2CN1)OC(c1ccc(OCc2ccc(Cl)c(Cl)c2)cc1)CN3C(C)=O.Cl. The Kier molecular flexibility index (Phi) is 13.1. The Morgan fingerprint density at radius 3 is 2.25 bits per heavy atom. The fourth-order valence-electron chi connectivity index (χ4n) is 6.94. The van der Waals surface area contributed by atoms with Crippen molar-refractivity contribution in [2.24, 2.45) is 0 Å². The number of fused-ring (bicyclic) bond motifs is 2. The molecule has 2 aliphatic heterocycles. The van der Waals surface area contributed by atoms with Gasteiger partial charge in [0.05, 0.1) is 47.1 Å². The van der Waals surface area contributed by atoms with Gasteiger partial charge in [0.1, 0.15) is 30.3 Å². The van der Waals surface area contributed by atoms with E-state index in [1.165, 1.54) is 14.0 Å². The van der Waals surface area contributed by atoms with Crippen LogP contribution in [0.4, 0.5) is 5.69 Å². The van der Waals surface area contributed by atoms with Gasteiger partial charge in [-0.3, -0.25) is 9.59 Å². The topological polar surface area (TPSA) is 130 Å². The highest BCUT2D eigenvalue weighted by molar-refractivity contribution is 6.42. The molecule has 0 radical (unpaired) electrons. The van der Waals surface area contributed by atoms with Crippen LogP contribution >= 0.6 is 35.6 Å². The molecule has 0 fully saturated rings. The Morgan fingerprint density at radius 1 is 0.912 bits per heavy atom. The number of nitriles is 1. The van der Waals surface area contributed by atoms with E-state index < -0.39 is 24.2 Å². The minimum absolute atomic E-state index is 0. The molecule has 5 aromatic rings. The van der Waals surface area contributed by atoms with Crippen LogP contribution in [0.5, 0.6) is 11.5 Å². The van der Waals surface area contributed by atoms with Gasteiger partial charge in [0.25, 0.3) is 0 Å². The number of hydrogen-bond acceptors (Lipinski definition) is 8. The largest absolute Gasteiger partial charge is 0.489 e. The van der Waals surface area contributed by atoms with Crippen LogP contribution in [-0.2, 0) is 45.1 Å². The molecule has 57 heavy (non-hydrogen) atoms. The zero-order chi connectivity index (χ0) is 39.3. The van der Waals surface area contributed by atoms with Gasteiger partial charge in [-0.05, 0) is 93.9 Å². The predicted octanol–water partition coefficient (Wildman–Crippen LogP) is 7.93. The summed E-state index contributed by atoms with van der Waals surface area (Å²) in [5.74, 6) is 0.244. The fourth-order valence-corrected chi connectivity index (χ4v) is 7.26. The highest BCUT2D eigenvalue weighted by atomic mass is 35.5. The van der Waals surface area contributed by atoms with Crippen LogP contribution in [0.3, 0.4) is 0 Å². The predicted molar refractivity (Wildman–Crippen MR) is 221 cm³/mol. The Bertz CT molecular complexity index is 2310. The summed E-state index contributed by atoms with van der Waals surface area (Å²) in [5.41, 5.74) is 7.65. The number of nitrogens with zero attached hydrogens (tertiary/aromatic N) is 2. The first-order valence-electron chi connectivity index (χ1n) is 18.1. The van der Waals surface area contributed by atoms with Crippen LogP contribution in [-0.4, -0.2) is 43.5 Å². The molecule has 7 rings (SSSR count). The minimum atomic E-state index is -0.901. The zero-order valence-corrected chi connectivity index (χ0v) is 33.4. The summed E-state index contributed by atoms with van der Waals surface area (Å²) in [6.07, 6.45) is 0.176. The lowest BCUT2D eigenvalue weighted by atomic mass is 9.93. The molecule has 5 aromatic carbocycles. The molecule has 2 N–H and O–H groups in total. The van der Waals surface area contributed by atoms with Crippen LogP contribution in [0.2, 0.25) is 10.0 Å². The Hall–Kier alpha value is -5.57. The van der Waals surface area contributed by atoms with Gasteiger partial charge in [0.15, 0.2) is 0 Å². The van der Waals surface area contributed by atoms with E-state index in [2.05, 4.69) is 16.7 Å². The molecule has 2 heterocycles. The molecule has 0 saturated carbocycles. The van der Waals surface area contributed by atoms with Crippen molar-refractivity contribution in [2.45, 2.75) is 51.1 Å². The number of carbonyl (C=O) groups is 3. The maximum Gasteiger partial charge on any atom is 0.328 e. The molecular formula is C44H39Cl3N4O6. The summed E-state index contributed by atoms with van der Waals surface area (Å²) in [6, 6.07) is 32.4. The Balaban J connectivity index is 0.00000549. The van der Waals surface area contributed by atoms with Crippen LogP contribution in [0.15, 0.2) is 103 Å². The van der Waals surface area contributed by atoms with E-state index in [1.54, 1.807) is 29.2 Å². The van der Waals surface area contributed by atoms with E-state index in [1.807, 2.05) is 78.9 Å². The fraction of sp³-hybridized carbons (Fsp3) is 0.227. The van der Waals surface area contributed by atoms with Crippen molar-refractivity contribution in [1.82, 2.24) is 10.6 Å². The standard InChI is InChI=1S/C44H38Cl2N4O6.ClH/c1-26(51)50-24-42(32-12-14-35(15-13-32)55-25-29-7-16-36(45)37(46)17-29)56-41-21-34-23-48-38(19-33(34)20-40(41)50)43(52)49-39(44(53)54-2)18-27-3-8-30(9-4-27)31-10-5-28(22-47)6-11-31;/h3-17,20-21,38-39,42,48H,18-19,23-25H2,1-2H3,(H,49,52);1H/t38?,39-,42?;/m0./s1. The molecule has 0 bridgehead atoms. The van der Waals surface area contributed by atoms with Crippen molar-refractivity contribution in [1.29, 1.82) is 5.26 Å². The molecule has 292 valence electrons. The number of methoxy groups -OCH3 is 1. The first kappa shape index (κ1) is 41.1. The second-order valence-corrected chi connectivity index (χ2v) is 14.6. The van der Waals surface area contributed by atoms with Gasteiger partial charge < -0.3 is 29.7 Å². The smallest absolute Gasteiger partial charge is 0.328 e. The van der Waals surface area contributed by atoms with Gasteiger partial charge in [-0.25, -0.2) is 4.79 Å².